The van der Waals surface area contributed by atoms with Gasteiger partial charge in [-0.15, -0.1) is 0 Å². The SMILES string of the molecule is CC(C)(O)c1cnc(-c2cc3ccn(C[C@H](F)C[C@@H](COC(F)F)Oc4cn[nH]c(=O)c4C(F)(F)F)c(=O)c3cc2F)nc1. The number of halogens is 7. The Hall–Kier alpha value is -4.38. The van der Waals surface area contributed by atoms with E-state index in [1.165, 1.54) is 44.6 Å². The van der Waals surface area contributed by atoms with Crippen LogP contribution in [0.3, 0.4) is 0 Å². The number of aliphatic hydroxyl groups is 1. The van der Waals surface area contributed by atoms with Crippen molar-refractivity contribution in [1.29, 1.82) is 0 Å². The Kier molecular flexibility index (Phi) is 9.39. The van der Waals surface area contributed by atoms with E-state index in [0.717, 1.165) is 10.6 Å². The van der Waals surface area contributed by atoms with Crippen LogP contribution in [-0.4, -0.2) is 55.3 Å². The minimum atomic E-state index is -5.21. The smallest absolute Gasteiger partial charge is 0.425 e. The van der Waals surface area contributed by atoms with Crippen LogP contribution in [0.2, 0.25) is 0 Å². The molecular weight excluding hydrogens is 607 g/mol. The van der Waals surface area contributed by atoms with Gasteiger partial charge in [0.1, 0.15) is 18.1 Å². The van der Waals surface area contributed by atoms with Crippen LogP contribution in [0.25, 0.3) is 22.2 Å². The third-order valence-electron chi connectivity index (χ3n) is 6.38. The van der Waals surface area contributed by atoms with Gasteiger partial charge in [-0.25, -0.2) is 23.8 Å². The van der Waals surface area contributed by atoms with Gasteiger partial charge < -0.3 is 19.1 Å². The van der Waals surface area contributed by atoms with Gasteiger partial charge in [0.15, 0.2) is 17.1 Å². The Balaban J connectivity index is 1.57. The van der Waals surface area contributed by atoms with Crippen LogP contribution in [0.5, 0.6) is 5.75 Å². The number of hydrogen-bond donors (Lipinski definition) is 2. The standard InChI is InChI=1S/C27H24F7N5O5/c1-26(2,42)14-8-35-22(36-9-14)18-5-13-3-4-39(24(41)17(13)7-19(18)29)11-15(28)6-16(12-43-25(30)31)44-20-10-37-38-23(40)21(20)27(32,33)34/h3-5,7-10,15-16,25,42H,6,11-12H2,1-2H3,(H,38,40)/t15-,16+/m1/s1. The number of rotatable bonds is 11. The second-order valence-corrected chi connectivity index (χ2v) is 10.1. The first kappa shape index (κ1) is 32.5. The molecule has 1 aromatic carbocycles. The molecule has 0 amide bonds. The fourth-order valence-electron chi connectivity index (χ4n) is 4.23. The summed E-state index contributed by atoms with van der Waals surface area (Å²) in [6.45, 7) is -2.11. The monoisotopic (exact) mass is 631 g/mol. The van der Waals surface area contributed by atoms with Crippen molar-refractivity contribution in [2.24, 2.45) is 0 Å². The van der Waals surface area contributed by atoms with E-state index < -0.39 is 78.5 Å². The second-order valence-electron chi connectivity index (χ2n) is 10.1. The lowest BCUT2D eigenvalue weighted by Crippen LogP contribution is -2.33. The number of pyridine rings is 1. The first-order chi connectivity index (χ1) is 20.5. The Morgan fingerprint density at radius 1 is 1.07 bits per heavy atom. The number of ether oxygens (including phenoxy) is 2. The molecule has 0 aliphatic heterocycles. The summed E-state index contributed by atoms with van der Waals surface area (Å²) in [7, 11) is 0. The predicted molar refractivity (Wildman–Crippen MR) is 140 cm³/mol. The van der Waals surface area contributed by atoms with Gasteiger partial charge >= 0.3 is 12.8 Å². The number of nitrogens with zero attached hydrogens (tertiary/aromatic N) is 4. The summed E-state index contributed by atoms with van der Waals surface area (Å²) in [6, 6.07) is 3.59. The van der Waals surface area contributed by atoms with Crippen molar-refractivity contribution in [1.82, 2.24) is 24.7 Å². The highest BCUT2D eigenvalue weighted by molar-refractivity contribution is 5.86. The summed E-state index contributed by atoms with van der Waals surface area (Å²) >= 11 is 0. The maximum Gasteiger partial charge on any atom is 0.425 e. The number of nitrogens with one attached hydrogen (secondary N) is 1. The molecule has 236 valence electrons. The first-order valence-electron chi connectivity index (χ1n) is 12.8. The molecule has 0 aliphatic rings. The van der Waals surface area contributed by atoms with E-state index >= 15 is 8.78 Å². The molecule has 0 radical (unpaired) electrons. The Bertz CT molecular complexity index is 1740. The number of hydrogen-bond acceptors (Lipinski definition) is 8. The lowest BCUT2D eigenvalue weighted by atomic mass is 10.0. The van der Waals surface area contributed by atoms with Crippen molar-refractivity contribution in [2.45, 2.75) is 57.5 Å². The third-order valence-corrected chi connectivity index (χ3v) is 6.38. The van der Waals surface area contributed by atoms with E-state index in [-0.39, 0.29) is 22.2 Å². The van der Waals surface area contributed by atoms with Gasteiger partial charge in [-0.2, -0.15) is 27.1 Å². The highest BCUT2D eigenvalue weighted by Gasteiger charge is 2.39. The van der Waals surface area contributed by atoms with E-state index in [9.17, 15) is 36.6 Å². The van der Waals surface area contributed by atoms with Gasteiger partial charge in [0.05, 0.1) is 35.9 Å². The molecule has 44 heavy (non-hydrogen) atoms. The number of aromatic amines is 1. The number of benzene rings is 1. The molecule has 0 aliphatic carbocycles. The van der Waals surface area contributed by atoms with Crippen LogP contribution in [0.4, 0.5) is 30.7 Å². The summed E-state index contributed by atoms with van der Waals surface area (Å²) in [5.41, 5.74) is -5.20. The van der Waals surface area contributed by atoms with Gasteiger partial charge in [0, 0.05) is 30.6 Å². The van der Waals surface area contributed by atoms with Crippen LogP contribution in [0, 0.1) is 5.82 Å². The summed E-state index contributed by atoms with van der Waals surface area (Å²) in [4.78, 5) is 32.9. The van der Waals surface area contributed by atoms with E-state index in [1.54, 1.807) is 5.10 Å². The fourth-order valence-corrected chi connectivity index (χ4v) is 4.23. The molecule has 3 heterocycles. The highest BCUT2D eigenvalue weighted by Crippen LogP contribution is 2.33. The molecule has 10 nitrogen and oxygen atoms in total. The summed E-state index contributed by atoms with van der Waals surface area (Å²) in [6.07, 6.45) is -5.56. The molecule has 2 atom stereocenters. The average Bonchev–Trinajstić information content (AvgIpc) is 2.92. The van der Waals surface area contributed by atoms with Crippen molar-refractivity contribution >= 4 is 10.8 Å². The topological polar surface area (TPSA) is 132 Å². The molecule has 0 unspecified atom stereocenters. The zero-order valence-electron chi connectivity index (χ0n) is 22.9. The van der Waals surface area contributed by atoms with Gasteiger partial charge in [-0.05, 0) is 37.4 Å². The summed E-state index contributed by atoms with van der Waals surface area (Å²) in [5.74, 6) is -2.03. The molecule has 0 saturated heterocycles. The Morgan fingerprint density at radius 3 is 2.36 bits per heavy atom. The van der Waals surface area contributed by atoms with Crippen molar-refractivity contribution < 1.29 is 45.3 Å². The van der Waals surface area contributed by atoms with Crippen molar-refractivity contribution in [3.63, 3.8) is 0 Å². The lowest BCUT2D eigenvalue weighted by Gasteiger charge is -2.22. The number of H-pyrrole nitrogens is 1. The molecule has 4 rings (SSSR count). The Labute approximate surface area is 243 Å². The van der Waals surface area contributed by atoms with Gasteiger partial charge in [-0.3, -0.25) is 9.59 Å². The normalized spacial score (nSPS) is 13.8. The molecular formula is C27H24F7N5O5. The number of fused-ring (bicyclic) bond motifs is 1. The average molecular weight is 632 g/mol. The van der Waals surface area contributed by atoms with Gasteiger partial charge in [0.25, 0.3) is 11.1 Å². The van der Waals surface area contributed by atoms with Crippen LogP contribution >= 0.6 is 0 Å². The van der Waals surface area contributed by atoms with Gasteiger partial charge in [-0.1, -0.05) is 0 Å². The number of aromatic nitrogens is 5. The minimum absolute atomic E-state index is 0.0215. The molecule has 0 bridgehead atoms. The van der Waals surface area contributed by atoms with E-state index in [0.29, 0.717) is 11.8 Å². The molecule has 0 saturated carbocycles. The molecule has 0 spiro atoms. The van der Waals surface area contributed by atoms with Crippen molar-refractivity contribution in [3.05, 3.63) is 80.6 Å². The van der Waals surface area contributed by atoms with E-state index in [4.69, 9.17) is 4.74 Å². The lowest BCUT2D eigenvalue weighted by molar-refractivity contribution is -0.151. The molecule has 3 aromatic heterocycles. The van der Waals surface area contributed by atoms with Crippen LogP contribution in [0.15, 0.2) is 52.6 Å². The largest absolute Gasteiger partial charge is 0.485 e. The molecule has 2 N–H and O–H groups in total. The minimum Gasteiger partial charge on any atom is -0.485 e. The fraction of sp³-hybridized carbons (Fsp3) is 0.370. The summed E-state index contributed by atoms with van der Waals surface area (Å²) < 4.78 is 106. The third kappa shape index (κ3) is 7.57. The predicted octanol–water partition coefficient (Wildman–Crippen LogP) is 4.34. The highest BCUT2D eigenvalue weighted by atomic mass is 19.4. The Morgan fingerprint density at radius 2 is 1.75 bits per heavy atom. The molecule has 4 aromatic rings. The van der Waals surface area contributed by atoms with Crippen molar-refractivity contribution in [2.75, 3.05) is 6.61 Å². The molecule has 17 heteroatoms. The van der Waals surface area contributed by atoms with Crippen LogP contribution in [-0.2, 0) is 23.1 Å². The quantitative estimate of drug-likeness (QED) is 0.234. The summed E-state index contributed by atoms with van der Waals surface area (Å²) in [5, 5.41) is 14.9. The van der Waals surface area contributed by atoms with Gasteiger partial charge in [0.2, 0.25) is 0 Å². The number of alkyl halides is 6. The molecule has 0 fully saturated rings. The van der Waals surface area contributed by atoms with E-state index in [1.807, 2.05) is 0 Å². The van der Waals surface area contributed by atoms with E-state index in [2.05, 4.69) is 19.8 Å². The zero-order chi connectivity index (χ0) is 32.4. The second kappa shape index (κ2) is 12.7. The maximum atomic E-state index is 15.1. The van der Waals surface area contributed by atoms with Crippen LogP contribution in [0.1, 0.15) is 31.4 Å². The zero-order valence-corrected chi connectivity index (χ0v) is 22.9. The van der Waals surface area contributed by atoms with Crippen LogP contribution < -0.4 is 15.9 Å². The maximum absolute atomic E-state index is 15.1. The first-order valence-corrected chi connectivity index (χ1v) is 12.8. The van der Waals surface area contributed by atoms with Crippen molar-refractivity contribution in [3.8, 4) is 17.1 Å².